The Kier molecular flexibility index (Phi) is 58.0. The highest BCUT2D eigenvalue weighted by molar-refractivity contribution is 7.45. The maximum atomic E-state index is 12.8. The number of hydrogen-bond acceptors (Lipinski definition) is 8. The van der Waals surface area contributed by atoms with Crippen molar-refractivity contribution in [2.24, 2.45) is 0 Å². The van der Waals surface area contributed by atoms with Gasteiger partial charge in [-0.15, -0.1) is 0 Å². The van der Waals surface area contributed by atoms with Crippen LogP contribution in [0.3, 0.4) is 0 Å². The summed E-state index contributed by atoms with van der Waals surface area (Å²) in [6, 6.07) is 0. The predicted molar refractivity (Wildman–Crippen MR) is 333 cm³/mol. The lowest BCUT2D eigenvalue weighted by atomic mass is 10.0. The molecule has 0 spiro atoms. The molecule has 0 aliphatic carbocycles. The monoisotopic (exact) mass is 1120 g/mol. The number of phosphoric ester groups is 1. The lowest BCUT2D eigenvalue weighted by Crippen LogP contribution is -2.37. The molecule has 0 aliphatic heterocycles. The van der Waals surface area contributed by atoms with Crippen molar-refractivity contribution in [1.29, 1.82) is 0 Å². The standard InChI is InChI=1S/C68H128NO8P/c1-6-8-10-12-14-16-18-20-22-23-24-25-26-27-28-29-30-31-32-33-34-35-36-37-38-39-40-41-42-43-44-45-47-48-50-52-54-56-58-60-67(70)74-64-66(65-76-78(72,73)75-63-62-69(3,4)5)77-68(71)61-59-57-55-53-51-49-46-21-19-17-15-13-11-9-7-2/h9,11,15,17,21,23-24,46,66H,6-8,10,12-14,16,18-20,22,25-45,47-65H2,1-5H3/b11-9-,17-15-,24-23-,46-21-. The van der Waals surface area contributed by atoms with Crippen molar-refractivity contribution in [3.05, 3.63) is 48.6 Å². The second-order valence-corrected chi connectivity index (χ2v) is 25.2. The van der Waals surface area contributed by atoms with Crippen LogP contribution < -0.4 is 4.89 Å². The van der Waals surface area contributed by atoms with Gasteiger partial charge >= 0.3 is 11.9 Å². The average Bonchev–Trinajstić information content (AvgIpc) is 3.41. The molecule has 0 bridgehead atoms. The van der Waals surface area contributed by atoms with Gasteiger partial charge in [-0.3, -0.25) is 14.2 Å². The van der Waals surface area contributed by atoms with Gasteiger partial charge < -0.3 is 27.9 Å². The summed E-state index contributed by atoms with van der Waals surface area (Å²) >= 11 is 0. The van der Waals surface area contributed by atoms with Crippen molar-refractivity contribution < 1.29 is 42.1 Å². The zero-order valence-electron chi connectivity index (χ0n) is 52.1. The molecule has 0 heterocycles. The van der Waals surface area contributed by atoms with Crippen LogP contribution in [0.1, 0.15) is 322 Å². The van der Waals surface area contributed by atoms with E-state index in [-0.39, 0.29) is 32.0 Å². The topological polar surface area (TPSA) is 111 Å². The molecule has 0 aromatic carbocycles. The van der Waals surface area contributed by atoms with Crippen LogP contribution in [0.25, 0.3) is 0 Å². The molecule has 2 unspecified atom stereocenters. The van der Waals surface area contributed by atoms with Gasteiger partial charge in [-0.05, 0) is 70.6 Å². The van der Waals surface area contributed by atoms with Gasteiger partial charge in [0.1, 0.15) is 19.8 Å². The van der Waals surface area contributed by atoms with E-state index in [1.807, 2.05) is 21.1 Å². The first kappa shape index (κ1) is 76.0. The number of quaternary nitrogens is 1. The van der Waals surface area contributed by atoms with E-state index >= 15 is 0 Å². The fourth-order valence-electron chi connectivity index (χ4n) is 9.73. The zero-order valence-corrected chi connectivity index (χ0v) is 53.0. The molecule has 0 radical (unpaired) electrons. The van der Waals surface area contributed by atoms with E-state index in [0.717, 1.165) is 70.6 Å². The molecule has 0 aliphatic rings. The van der Waals surface area contributed by atoms with Gasteiger partial charge in [-0.25, -0.2) is 0 Å². The Morgan fingerprint density at radius 1 is 0.410 bits per heavy atom. The number of carbonyl (C=O) groups is 2. The van der Waals surface area contributed by atoms with Crippen LogP contribution >= 0.6 is 7.82 Å². The minimum atomic E-state index is -4.64. The van der Waals surface area contributed by atoms with E-state index in [9.17, 15) is 19.0 Å². The summed E-state index contributed by atoms with van der Waals surface area (Å²) in [4.78, 5) is 37.9. The zero-order chi connectivity index (χ0) is 57.0. The number of likely N-dealkylation sites (N-methyl/N-ethyl adjacent to an activating group) is 1. The van der Waals surface area contributed by atoms with E-state index < -0.39 is 26.5 Å². The molecular weight excluding hydrogens is 990 g/mol. The van der Waals surface area contributed by atoms with Gasteiger partial charge in [0, 0.05) is 12.8 Å². The number of esters is 2. The lowest BCUT2D eigenvalue weighted by molar-refractivity contribution is -0.870. The van der Waals surface area contributed by atoms with Crippen molar-refractivity contribution in [2.45, 2.75) is 328 Å². The summed E-state index contributed by atoms with van der Waals surface area (Å²) < 4.78 is 34.1. The number of unbranched alkanes of at least 4 members (excludes halogenated alkanes) is 40. The molecule has 0 aromatic heterocycles. The fourth-order valence-corrected chi connectivity index (χ4v) is 10.5. The average molecular weight is 1120 g/mol. The number of nitrogens with zero attached hydrogens (tertiary/aromatic N) is 1. The van der Waals surface area contributed by atoms with Crippen molar-refractivity contribution in [2.75, 3.05) is 47.5 Å². The summed E-state index contributed by atoms with van der Waals surface area (Å²) in [5, 5.41) is 0. The molecular formula is C68H128NO8P. The largest absolute Gasteiger partial charge is 0.756 e. The van der Waals surface area contributed by atoms with Crippen molar-refractivity contribution in [3.8, 4) is 0 Å². The number of ether oxygens (including phenoxy) is 2. The van der Waals surface area contributed by atoms with E-state index in [2.05, 4.69) is 62.5 Å². The highest BCUT2D eigenvalue weighted by atomic mass is 31.2. The van der Waals surface area contributed by atoms with Crippen molar-refractivity contribution in [3.63, 3.8) is 0 Å². The van der Waals surface area contributed by atoms with E-state index in [0.29, 0.717) is 17.4 Å². The molecule has 0 saturated carbocycles. The summed E-state index contributed by atoms with van der Waals surface area (Å²) in [6.45, 7) is 4.14. The van der Waals surface area contributed by atoms with Crippen LogP contribution in [0.15, 0.2) is 48.6 Å². The van der Waals surface area contributed by atoms with Crippen LogP contribution in [0.2, 0.25) is 0 Å². The third kappa shape index (κ3) is 63.2. The van der Waals surface area contributed by atoms with Crippen molar-refractivity contribution in [1.82, 2.24) is 0 Å². The summed E-state index contributed by atoms with van der Waals surface area (Å²) in [5.41, 5.74) is 0. The molecule has 10 heteroatoms. The second kappa shape index (κ2) is 59.6. The number of allylic oxidation sites excluding steroid dienone is 8. The number of carbonyl (C=O) groups excluding carboxylic acids is 2. The number of phosphoric acid groups is 1. The minimum absolute atomic E-state index is 0.0340. The van der Waals surface area contributed by atoms with Crippen LogP contribution in [0.5, 0.6) is 0 Å². The predicted octanol–water partition coefficient (Wildman–Crippen LogP) is 20.6. The van der Waals surface area contributed by atoms with E-state index in [1.54, 1.807) is 0 Å². The second-order valence-electron chi connectivity index (χ2n) is 23.8. The van der Waals surface area contributed by atoms with Gasteiger partial charge in [0.15, 0.2) is 6.10 Å². The van der Waals surface area contributed by atoms with Crippen LogP contribution in [0, 0.1) is 0 Å². The first-order chi connectivity index (χ1) is 38.0. The molecule has 0 rings (SSSR count). The normalized spacial score (nSPS) is 13.5. The fraction of sp³-hybridized carbons (Fsp3) is 0.853. The van der Waals surface area contributed by atoms with Gasteiger partial charge in [0.05, 0.1) is 27.7 Å². The molecule has 0 N–H and O–H groups in total. The molecule has 2 atom stereocenters. The lowest BCUT2D eigenvalue weighted by Gasteiger charge is -2.28. The Bertz CT molecular complexity index is 1460. The molecule has 0 aromatic rings. The Labute approximate surface area is 484 Å². The van der Waals surface area contributed by atoms with Crippen LogP contribution in [0.4, 0.5) is 0 Å². The van der Waals surface area contributed by atoms with Gasteiger partial charge in [-0.2, -0.15) is 0 Å². The quantitative estimate of drug-likeness (QED) is 0.0195. The highest BCUT2D eigenvalue weighted by Gasteiger charge is 2.22. The first-order valence-corrected chi connectivity index (χ1v) is 34.8. The van der Waals surface area contributed by atoms with E-state index in [1.165, 1.54) is 218 Å². The van der Waals surface area contributed by atoms with Crippen LogP contribution in [-0.4, -0.2) is 70.0 Å². The Hall–Kier alpha value is -2.03. The Balaban J connectivity index is 3.86. The maximum absolute atomic E-state index is 12.8. The van der Waals surface area contributed by atoms with Gasteiger partial charge in [-0.1, -0.05) is 287 Å². The molecule has 0 amide bonds. The third-order valence-corrected chi connectivity index (χ3v) is 15.8. The smallest absolute Gasteiger partial charge is 0.306 e. The summed E-state index contributed by atoms with van der Waals surface area (Å²) in [5.74, 6) is -0.842. The summed E-state index contributed by atoms with van der Waals surface area (Å²) in [7, 11) is 1.16. The highest BCUT2D eigenvalue weighted by Crippen LogP contribution is 2.38. The molecule has 0 fully saturated rings. The SMILES string of the molecule is CC/C=C\C/C=C\C/C=C\CCCCCCCC(=O)OC(COC(=O)CCCCCCCCCCCCCCCCCCCCCCCCCCCCC/C=C\CCCCCCCCCC)COP(=O)([O-])OCC[N+](C)(C)C. The van der Waals surface area contributed by atoms with Crippen LogP contribution in [-0.2, 0) is 32.7 Å². The molecule has 458 valence electrons. The van der Waals surface area contributed by atoms with Crippen molar-refractivity contribution >= 4 is 19.8 Å². The first-order valence-electron chi connectivity index (χ1n) is 33.3. The third-order valence-electron chi connectivity index (χ3n) is 14.8. The maximum Gasteiger partial charge on any atom is 0.306 e. The molecule has 9 nitrogen and oxygen atoms in total. The molecule has 78 heavy (non-hydrogen) atoms. The van der Waals surface area contributed by atoms with Gasteiger partial charge in [0.25, 0.3) is 7.82 Å². The Morgan fingerprint density at radius 3 is 1.10 bits per heavy atom. The minimum Gasteiger partial charge on any atom is -0.756 e. The Morgan fingerprint density at radius 2 is 0.731 bits per heavy atom. The summed E-state index contributed by atoms with van der Waals surface area (Å²) in [6.07, 6.45) is 76.5. The number of hydrogen-bond donors (Lipinski definition) is 0. The van der Waals surface area contributed by atoms with E-state index in [4.69, 9.17) is 18.5 Å². The number of rotatable bonds is 62. The van der Waals surface area contributed by atoms with Gasteiger partial charge in [0.2, 0.25) is 0 Å². The molecule has 0 saturated heterocycles.